The van der Waals surface area contributed by atoms with E-state index in [-0.39, 0.29) is 41.8 Å². The van der Waals surface area contributed by atoms with Crippen LogP contribution in [0, 0.1) is 5.82 Å². The third kappa shape index (κ3) is 4.31. The smallest absolute Gasteiger partial charge is 0.255 e. The third-order valence-corrected chi connectivity index (χ3v) is 6.04. The van der Waals surface area contributed by atoms with Crippen LogP contribution in [0.1, 0.15) is 47.6 Å². The van der Waals surface area contributed by atoms with E-state index in [1.54, 1.807) is 36.7 Å². The van der Waals surface area contributed by atoms with Gasteiger partial charge in [0.25, 0.3) is 5.91 Å². The molecule has 31 heavy (non-hydrogen) atoms. The minimum absolute atomic E-state index is 0.102. The Morgan fingerprint density at radius 2 is 2.00 bits per heavy atom. The third-order valence-electron chi connectivity index (χ3n) is 5.64. The number of carbonyl (C=O) groups is 1. The first-order valence-corrected chi connectivity index (χ1v) is 10.3. The summed E-state index contributed by atoms with van der Waals surface area (Å²) in [5.74, 6) is -0.909. The second-order valence-electron chi connectivity index (χ2n) is 7.65. The highest BCUT2D eigenvalue weighted by molar-refractivity contribution is 6.31. The topological polar surface area (TPSA) is 80.0 Å². The number of alkyl halides is 1. The van der Waals surface area contributed by atoms with Gasteiger partial charge in [-0.1, -0.05) is 23.7 Å². The summed E-state index contributed by atoms with van der Waals surface area (Å²) in [6.45, 7) is 0. The molecule has 1 atom stereocenters. The van der Waals surface area contributed by atoms with Crippen molar-refractivity contribution >= 4 is 17.5 Å². The van der Waals surface area contributed by atoms with E-state index in [2.05, 4.69) is 15.4 Å². The molecule has 3 aromatic rings. The Kier molecular flexibility index (Phi) is 6.02. The van der Waals surface area contributed by atoms with Gasteiger partial charge in [0.2, 0.25) is 0 Å². The zero-order valence-corrected chi connectivity index (χ0v) is 17.3. The lowest BCUT2D eigenvalue weighted by molar-refractivity contribution is -0.0445. The average molecular weight is 447 g/mol. The Bertz CT molecular complexity index is 1070. The molecule has 0 radical (unpaired) electrons. The number of hydrogen-bond acceptors (Lipinski definition) is 4. The molecule has 0 spiro atoms. The van der Waals surface area contributed by atoms with E-state index in [0.29, 0.717) is 5.82 Å². The molecular weight excluding hydrogens is 426 g/mol. The number of pyridine rings is 1. The molecule has 2 heterocycles. The van der Waals surface area contributed by atoms with E-state index < -0.39 is 29.5 Å². The lowest BCUT2D eigenvalue weighted by atomic mass is 9.76. The summed E-state index contributed by atoms with van der Waals surface area (Å²) in [5.41, 5.74) is -1.03. The van der Waals surface area contributed by atoms with Crippen LogP contribution in [0.15, 0.2) is 55.0 Å². The first-order chi connectivity index (χ1) is 14.9. The van der Waals surface area contributed by atoms with Gasteiger partial charge in [0, 0.05) is 18.6 Å². The molecule has 0 bridgehead atoms. The Labute approximate surface area is 182 Å². The molecule has 1 amide bonds. The number of aromatic nitrogens is 3. The van der Waals surface area contributed by atoms with E-state index in [4.69, 9.17) is 11.6 Å². The number of hydrogen-bond donors (Lipinski definition) is 2. The molecular formula is C22H21ClF2N4O2. The van der Waals surface area contributed by atoms with Crippen molar-refractivity contribution in [2.45, 2.75) is 43.5 Å². The maximum absolute atomic E-state index is 14.2. The van der Waals surface area contributed by atoms with Gasteiger partial charge >= 0.3 is 0 Å². The molecule has 162 valence electrons. The van der Waals surface area contributed by atoms with Crippen LogP contribution in [0.2, 0.25) is 5.02 Å². The maximum Gasteiger partial charge on any atom is 0.255 e. The number of halogens is 3. The fraction of sp³-hybridized carbons (Fsp3) is 0.318. The van der Waals surface area contributed by atoms with Crippen LogP contribution < -0.4 is 5.32 Å². The van der Waals surface area contributed by atoms with Crippen LogP contribution in [-0.2, 0) is 0 Å². The van der Waals surface area contributed by atoms with Crippen molar-refractivity contribution in [1.82, 2.24) is 20.1 Å². The van der Waals surface area contributed by atoms with Crippen molar-refractivity contribution in [3.05, 3.63) is 77.0 Å². The number of benzene rings is 1. The highest BCUT2D eigenvalue weighted by atomic mass is 35.5. The zero-order chi connectivity index (χ0) is 22.0. The van der Waals surface area contributed by atoms with Gasteiger partial charge < -0.3 is 10.4 Å². The summed E-state index contributed by atoms with van der Waals surface area (Å²) in [4.78, 5) is 17.5. The summed E-state index contributed by atoms with van der Waals surface area (Å²) in [5, 5.41) is 18.1. The fourth-order valence-electron chi connectivity index (χ4n) is 3.98. The molecule has 0 aliphatic heterocycles. The summed E-state index contributed by atoms with van der Waals surface area (Å²) in [6, 6.07) is 8.04. The molecule has 1 fully saturated rings. The summed E-state index contributed by atoms with van der Waals surface area (Å²) < 4.78 is 29.4. The first-order valence-electron chi connectivity index (χ1n) is 9.95. The highest BCUT2D eigenvalue weighted by Gasteiger charge is 2.43. The van der Waals surface area contributed by atoms with Gasteiger partial charge in [-0.2, -0.15) is 5.10 Å². The molecule has 1 aliphatic rings. The van der Waals surface area contributed by atoms with Gasteiger partial charge in [-0.15, -0.1) is 0 Å². The van der Waals surface area contributed by atoms with E-state index in [1.165, 1.54) is 23.0 Å². The van der Waals surface area contributed by atoms with Crippen molar-refractivity contribution in [3.8, 4) is 5.82 Å². The monoisotopic (exact) mass is 446 g/mol. The normalized spacial score (nSPS) is 22.1. The second kappa shape index (κ2) is 8.72. The Morgan fingerprint density at radius 1 is 1.23 bits per heavy atom. The van der Waals surface area contributed by atoms with E-state index in [1.807, 2.05) is 0 Å². The number of rotatable bonds is 5. The second-order valence-corrected chi connectivity index (χ2v) is 8.03. The van der Waals surface area contributed by atoms with Crippen LogP contribution in [0.25, 0.3) is 5.82 Å². The van der Waals surface area contributed by atoms with Gasteiger partial charge in [0.1, 0.15) is 12.0 Å². The molecule has 1 aromatic carbocycles. The lowest BCUT2D eigenvalue weighted by Crippen LogP contribution is -2.48. The number of nitrogens with one attached hydrogen (secondary N) is 1. The largest absolute Gasteiger partial charge is 0.387 e. The Hall–Kier alpha value is -2.84. The van der Waals surface area contributed by atoms with Crippen molar-refractivity contribution in [2.75, 3.05) is 0 Å². The molecule has 9 heteroatoms. The van der Waals surface area contributed by atoms with Gasteiger partial charge in [-0.25, -0.2) is 18.4 Å². The van der Waals surface area contributed by atoms with Crippen molar-refractivity contribution in [1.29, 1.82) is 0 Å². The minimum Gasteiger partial charge on any atom is -0.387 e. The average Bonchev–Trinajstić information content (AvgIpc) is 3.31. The van der Waals surface area contributed by atoms with Gasteiger partial charge in [-0.05, 0) is 55.5 Å². The molecule has 1 unspecified atom stereocenters. The highest BCUT2D eigenvalue weighted by Crippen LogP contribution is 2.42. The summed E-state index contributed by atoms with van der Waals surface area (Å²) in [6.07, 6.45) is 4.20. The SMILES string of the molecule is O=C(NC(c1cccc(F)c1Cl)C1(O)CCC(F)CC1)c1cccnc1-n1cccn1. The van der Waals surface area contributed by atoms with Crippen LogP contribution in [0.3, 0.4) is 0 Å². The van der Waals surface area contributed by atoms with E-state index in [9.17, 15) is 18.7 Å². The van der Waals surface area contributed by atoms with Gasteiger partial charge in [0.15, 0.2) is 5.82 Å². The van der Waals surface area contributed by atoms with Gasteiger partial charge in [0.05, 0.1) is 22.2 Å². The number of amides is 1. The molecule has 2 N–H and O–H groups in total. The maximum atomic E-state index is 14.2. The number of aliphatic hydroxyl groups is 1. The van der Waals surface area contributed by atoms with Crippen LogP contribution in [-0.4, -0.2) is 37.6 Å². The van der Waals surface area contributed by atoms with Gasteiger partial charge in [-0.3, -0.25) is 4.79 Å². The number of nitrogens with zero attached hydrogens (tertiary/aromatic N) is 3. The molecule has 6 nitrogen and oxygen atoms in total. The quantitative estimate of drug-likeness (QED) is 0.616. The van der Waals surface area contributed by atoms with Crippen LogP contribution >= 0.6 is 11.6 Å². The lowest BCUT2D eigenvalue weighted by Gasteiger charge is -2.41. The predicted molar refractivity (Wildman–Crippen MR) is 111 cm³/mol. The van der Waals surface area contributed by atoms with Crippen molar-refractivity contribution < 1.29 is 18.7 Å². The Morgan fingerprint density at radius 3 is 2.71 bits per heavy atom. The summed E-state index contributed by atoms with van der Waals surface area (Å²) in [7, 11) is 0. The van der Waals surface area contributed by atoms with E-state index in [0.717, 1.165) is 0 Å². The Balaban J connectivity index is 1.72. The molecule has 1 aliphatic carbocycles. The zero-order valence-electron chi connectivity index (χ0n) is 16.5. The standard InChI is InChI=1S/C22H21ClF2N4O2/c23-18-15(4-1-6-17(18)25)19(22(31)9-7-14(24)8-10-22)28-21(30)16-5-2-11-26-20(16)29-13-3-12-27-29/h1-6,11-14,19,31H,7-10H2,(H,28,30). The van der Waals surface area contributed by atoms with Crippen molar-refractivity contribution in [3.63, 3.8) is 0 Å². The fourth-order valence-corrected chi connectivity index (χ4v) is 4.21. The van der Waals surface area contributed by atoms with E-state index >= 15 is 0 Å². The van der Waals surface area contributed by atoms with Crippen LogP contribution in [0.4, 0.5) is 8.78 Å². The molecule has 1 saturated carbocycles. The first kappa shape index (κ1) is 21.4. The minimum atomic E-state index is -1.48. The molecule has 4 rings (SSSR count). The predicted octanol–water partition coefficient (Wildman–Crippen LogP) is 4.17. The van der Waals surface area contributed by atoms with Crippen LogP contribution in [0.5, 0.6) is 0 Å². The number of carbonyl (C=O) groups excluding carboxylic acids is 1. The molecule has 0 saturated heterocycles. The molecule has 2 aromatic heterocycles. The van der Waals surface area contributed by atoms with Crippen molar-refractivity contribution in [2.24, 2.45) is 0 Å². The summed E-state index contributed by atoms with van der Waals surface area (Å²) >= 11 is 6.20.